The number of aromatic nitrogens is 2. The summed E-state index contributed by atoms with van der Waals surface area (Å²) >= 11 is 3.59. The van der Waals surface area contributed by atoms with Crippen LogP contribution in [0, 0.1) is 13.8 Å². The van der Waals surface area contributed by atoms with E-state index in [1.807, 2.05) is 6.07 Å². The van der Waals surface area contributed by atoms with Crippen molar-refractivity contribution in [2.75, 3.05) is 0 Å². The van der Waals surface area contributed by atoms with Crippen LogP contribution in [0.4, 0.5) is 0 Å². The molecular weight excluding hydrogens is 314 g/mol. The Labute approximate surface area is 129 Å². The van der Waals surface area contributed by atoms with E-state index in [2.05, 4.69) is 64.7 Å². The quantitative estimate of drug-likeness (QED) is 0.907. The predicted octanol–water partition coefficient (Wildman–Crippen LogP) is 3.59. The number of halogens is 1. The van der Waals surface area contributed by atoms with Crippen LogP contribution in [0.2, 0.25) is 0 Å². The smallest absolute Gasteiger partial charge is 0.0673 e. The summed E-state index contributed by atoms with van der Waals surface area (Å²) in [6, 6.07) is 8.49. The summed E-state index contributed by atoms with van der Waals surface area (Å²) in [5.74, 6) is 0. The van der Waals surface area contributed by atoms with Crippen molar-refractivity contribution in [2.24, 2.45) is 5.73 Å². The van der Waals surface area contributed by atoms with E-state index in [-0.39, 0.29) is 6.04 Å². The first-order valence-corrected chi connectivity index (χ1v) is 7.84. The minimum Gasteiger partial charge on any atom is -0.327 e. The number of aryl methyl sites for hydroxylation is 1. The molecule has 0 bridgehead atoms. The van der Waals surface area contributed by atoms with Crippen LogP contribution in [0.25, 0.3) is 0 Å². The van der Waals surface area contributed by atoms with Gasteiger partial charge in [0.1, 0.15) is 0 Å². The van der Waals surface area contributed by atoms with Crippen molar-refractivity contribution in [2.45, 2.75) is 46.2 Å². The van der Waals surface area contributed by atoms with Crippen molar-refractivity contribution in [3.63, 3.8) is 0 Å². The highest BCUT2D eigenvalue weighted by Crippen LogP contribution is 2.20. The topological polar surface area (TPSA) is 43.8 Å². The average Bonchev–Trinajstić information content (AvgIpc) is 2.69. The number of hydrogen-bond acceptors (Lipinski definition) is 2. The van der Waals surface area contributed by atoms with Gasteiger partial charge in [-0.05, 0) is 43.9 Å². The standard InChI is InChI=1S/C16H22BrN3/c1-4-14(18)9-15-11(2)19-20(12(15)3)10-13-7-5-6-8-16(13)17/h5-8,14H,4,9-10,18H2,1-3H3. The SMILES string of the molecule is CCC(N)Cc1c(C)nn(Cc2ccccc2Br)c1C. The fourth-order valence-electron chi connectivity index (χ4n) is 2.38. The van der Waals surface area contributed by atoms with Gasteiger partial charge in [0.25, 0.3) is 0 Å². The van der Waals surface area contributed by atoms with Crippen LogP contribution in [-0.2, 0) is 13.0 Å². The summed E-state index contributed by atoms with van der Waals surface area (Å²) in [4.78, 5) is 0. The summed E-state index contributed by atoms with van der Waals surface area (Å²) in [7, 11) is 0. The Morgan fingerprint density at radius 3 is 2.65 bits per heavy atom. The highest BCUT2D eigenvalue weighted by atomic mass is 79.9. The summed E-state index contributed by atoms with van der Waals surface area (Å²) < 4.78 is 3.20. The van der Waals surface area contributed by atoms with Crippen LogP contribution >= 0.6 is 15.9 Å². The third-order valence-corrected chi connectivity index (χ3v) is 4.57. The summed E-state index contributed by atoms with van der Waals surface area (Å²) in [6.07, 6.45) is 1.90. The molecule has 2 aromatic rings. The van der Waals surface area contributed by atoms with Crippen LogP contribution in [0.5, 0.6) is 0 Å². The van der Waals surface area contributed by atoms with Crippen LogP contribution in [0.1, 0.15) is 35.9 Å². The van der Waals surface area contributed by atoms with Gasteiger partial charge in [-0.3, -0.25) is 4.68 Å². The molecule has 1 atom stereocenters. The Hall–Kier alpha value is -1.13. The van der Waals surface area contributed by atoms with E-state index in [1.54, 1.807) is 0 Å². The first-order chi connectivity index (χ1) is 9.52. The number of nitrogens with two attached hydrogens (primary N) is 1. The fraction of sp³-hybridized carbons (Fsp3) is 0.438. The van der Waals surface area contributed by atoms with E-state index >= 15 is 0 Å². The first kappa shape index (κ1) is 15.3. The number of rotatable bonds is 5. The maximum atomic E-state index is 6.08. The van der Waals surface area contributed by atoms with Crippen molar-refractivity contribution in [1.82, 2.24) is 9.78 Å². The van der Waals surface area contributed by atoms with Crippen LogP contribution in [-0.4, -0.2) is 15.8 Å². The van der Waals surface area contributed by atoms with Crippen molar-refractivity contribution in [3.05, 3.63) is 51.3 Å². The van der Waals surface area contributed by atoms with Gasteiger partial charge in [-0.2, -0.15) is 5.10 Å². The third kappa shape index (κ3) is 3.30. The van der Waals surface area contributed by atoms with Crippen LogP contribution in [0.15, 0.2) is 28.7 Å². The zero-order chi connectivity index (χ0) is 14.7. The van der Waals surface area contributed by atoms with E-state index in [0.29, 0.717) is 0 Å². The number of benzene rings is 1. The van der Waals surface area contributed by atoms with E-state index in [4.69, 9.17) is 5.73 Å². The lowest BCUT2D eigenvalue weighted by atomic mass is 10.0. The molecule has 1 heterocycles. The minimum atomic E-state index is 0.216. The molecule has 1 aromatic heterocycles. The van der Waals surface area contributed by atoms with Gasteiger partial charge < -0.3 is 5.73 Å². The van der Waals surface area contributed by atoms with Crippen molar-refractivity contribution >= 4 is 15.9 Å². The molecular formula is C16H22BrN3. The normalized spacial score (nSPS) is 12.7. The van der Waals surface area contributed by atoms with Crippen LogP contribution < -0.4 is 5.73 Å². The first-order valence-electron chi connectivity index (χ1n) is 7.04. The molecule has 0 aliphatic rings. The van der Waals surface area contributed by atoms with Gasteiger partial charge in [0.2, 0.25) is 0 Å². The van der Waals surface area contributed by atoms with Crippen molar-refractivity contribution < 1.29 is 0 Å². The summed E-state index contributed by atoms with van der Waals surface area (Å²) in [6.45, 7) is 7.12. The molecule has 0 aliphatic heterocycles. The zero-order valence-electron chi connectivity index (χ0n) is 12.4. The summed E-state index contributed by atoms with van der Waals surface area (Å²) in [5, 5.41) is 4.67. The van der Waals surface area contributed by atoms with E-state index in [1.165, 1.54) is 16.8 Å². The molecule has 2 rings (SSSR count). The maximum absolute atomic E-state index is 6.08. The van der Waals surface area contributed by atoms with Gasteiger partial charge in [0.15, 0.2) is 0 Å². The molecule has 3 nitrogen and oxygen atoms in total. The largest absolute Gasteiger partial charge is 0.327 e. The van der Waals surface area contributed by atoms with Gasteiger partial charge >= 0.3 is 0 Å². The lowest BCUT2D eigenvalue weighted by Gasteiger charge is -2.10. The maximum Gasteiger partial charge on any atom is 0.0673 e. The van der Waals surface area contributed by atoms with Gasteiger partial charge in [0.05, 0.1) is 12.2 Å². The van der Waals surface area contributed by atoms with Crippen molar-refractivity contribution in [1.29, 1.82) is 0 Å². The molecule has 0 amide bonds. The van der Waals surface area contributed by atoms with Gasteiger partial charge in [0, 0.05) is 16.2 Å². The molecule has 0 saturated heterocycles. The second kappa shape index (κ2) is 6.55. The Morgan fingerprint density at radius 1 is 1.30 bits per heavy atom. The Morgan fingerprint density at radius 2 is 2.00 bits per heavy atom. The van der Waals surface area contributed by atoms with E-state index < -0.39 is 0 Å². The molecule has 0 aliphatic carbocycles. The minimum absolute atomic E-state index is 0.216. The summed E-state index contributed by atoms with van der Waals surface area (Å²) in [5.41, 5.74) is 10.9. The number of nitrogens with zero attached hydrogens (tertiary/aromatic N) is 2. The molecule has 20 heavy (non-hydrogen) atoms. The monoisotopic (exact) mass is 335 g/mol. The fourth-order valence-corrected chi connectivity index (χ4v) is 2.79. The van der Waals surface area contributed by atoms with Gasteiger partial charge in [-0.15, -0.1) is 0 Å². The Balaban J connectivity index is 2.26. The predicted molar refractivity (Wildman–Crippen MR) is 86.9 cm³/mol. The lowest BCUT2D eigenvalue weighted by molar-refractivity contribution is 0.635. The second-order valence-electron chi connectivity index (χ2n) is 5.27. The molecule has 108 valence electrons. The number of hydrogen-bond donors (Lipinski definition) is 1. The second-order valence-corrected chi connectivity index (χ2v) is 6.13. The molecule has 0 saturated carbocycles. The molecule has 0 radical (unpaired) electrons. The van der Waals surface area contributed by atoms with Gasteiger partial charge in [-0.1, -0.05) is 41.1 Å². The molecule has 4 heteroatoms. The highest BCUT2D eigenvalue weighted by Gasteiger charge is 2.14. The zero-order valence-corrected chi connectivity index (χ0v) is 13.9. The highest BCUT2D eigenvalue weighted by molar-refractivity contribution is 9.10. The average molecular weight is 336 g/mol. The molecule has 1 aromatic carbocycles. The van der Waals surface area contributed by atoms with Gasteiger partial charge in [-0.25, -0.2) is 0 Å². The molecule has 0 fully saturated rings. The third-order valence-electron chi connectivity index (χ3n) is 3.80. The lowest BCUT2D eigenvalue weighted by Crippen LogP contribution is -2.22. The van der Waals surface area contributed by atoms with Crippen molar-refractivity contribution in [3.8, 4) is 0 Å². The molecule has 1 unspecified atom stereocenters. The van der Waals surface area contributed by atoms with E-state index in [0.717, 1.165) is 29.6 Å². The Kier molecular flexibility index (Phi) is 5.00. The van der Waals surface area contributed by atoms with E-state index in [9.17, 15) is 0 Å². The Bertz CT molecular complexity index is 589. The van der Waals surface area contributed by atoms with Crippen LogP contribution in [0.3, 0.4) is 0 Å². The molecule has 2 N–H and O–H groups in total. The molecule has 0 spiro atoms.